The average molecular weight is 391 g/mol. The molecule has 1 aliphatic rings. The Kier molecular flexibility index (Phi) is 4.46. The fourth-order valence-electron chi connectivity index (χ4n) is 2.37. The summed E-state index contributed by atoms with van der Waals surface area (Å²) in [4.78, 5) is 15.3. The van der Waals surface area contributed by atoms with Gasteiger partial charge in [0.2, 0.25) is 0 Å². The van der Waals surface area contributed by atoms with E-state index in [1.54, 1.807) is 6.07 Å². The number of carboxylic acids is 1. The number of benzene rings is 1. The lowest BCUT2D eigenvalue weighted by atomic mass is 10.2. The van der Waals surface area contributed by atoms with Crippen LogP contribution >= 0.6 is 39.5 Å². The van der Waals surface area contributed by atoms with Crippen molar-refractivity contribution in [1.29, 1.82) is 0 Å². The van der Waals surface area contributed by atoms with Crippen molar-refractivity contribution in [3.63, 3.8) is 0 Å². The number of hydrogen-bond donors (Lipinski definition) is 1. The lowest BCUT2D eigenvalue weighted by Crippen LogP contribution is -2.10. The third kappa shape index (κ3) is 3.07. The first-order valence-electron chi connectivity index (χ1n) is 6.35. The van der Waals surface area contributed by atoms with Crippen molar-refractivity contribution in [1.82, 2.24) is 9.55 Å². The Balaban J connectivity index is 2.10. The van der Waals surface area contributed by atoms with Crippen LogP contribution in [-0.2, 0) is 4.79 Å². The summed E-state index contributed by atoms with van der Waals surface area (Å²) in [6, 6.07) is 3.37. The summed E-state index contributed by atoms with van der Waals surface area (Å²) in [5, 5.41) is 9.52. The number of carbonyl (C=O) groups is 1. The molecule has 1 N–H and O–H groups in total. The number of aliphatic carboxylic acids is 1. The minimum atomic E-state index is -0.883. The normalized spacial score (nSPS) is 18.5. The second-order valence-electron chi connectivity index (χ2n) is 4.72. The number of nitrogens with zero attached hydrogens (tertiary/aromatic N) is 2. The molecule has 4 nitrogen and oxygen atoms in total. The minimum absolute atomic E-state index is 0.0488. The van der Waals surface area contributed by atoms with Crippen LogP contribution in [0.4, 0.5) is 4.39 Å². The highest BCUT2D eigenvalue weighted by Gasteiger charge is 2.24. The summed E-state index contributed by atoms with van der Waals surface area (Å²) in [6.45, 7) is 0. The summed E-state index contributed by atoms with van der Waals surface area (Å²) in [5.74, 6) is 0.749. The van der Waals surface area contributed by atoms with Crippen LogP contribution in [0.5, 0.6) is 0 Å². The second-order valence-corrected chi connectivity index (χ2v) is 7.67. The predicted molar refractivity (Wildman–Crippen MR) is 86.7 cm³/mol. The Morgan fingerprint density at radius 3 is 3.10 bits per heavy atom. The predicted octanol–water partition coefficient (Wildman–Crippen LogP) is 3.79. The lowest BCUT2D eigenvalue weighted by molar-refractivity contribution is -0.133. The Labute approximate surface area is 137 Å². The fourth-order valence-corrected chi connectivity index (χ4v) is 4.70. The summed E-state index contributed by atoms with van der Waals surface area (Å²) in [5.41, 5.74) is 1.42. The summed E-state index contributed by atoms with van der Waals surface area (Å²) in [7, 11) is 0. The third-order valence-corrected chi connectivity index (χ3v) is 5.98. The maximum absolute atomic E-state index is 13.8. The van der Waals surface area contributed by atoms with Crippen molar-refractivity contribution in [3.05, 3.63) is 22.4 Å². The van der Waals surface area contributed by atoms with Gasteiger partial charge in [0.25, 0.3) is 0 Å². The highest BCUT2D eigenvalue weighted by atomic mass is 79.9. The van der Waals surface area contributed by atoms with Gasteiger partial charge in [0, 0.05) is 17.9 Å². The van der Waals surface area contributed by atoms with Crippen LogP contribution in [0, 0.1) is 5.82 Å². The molecule has 0 radical (unpaired) electrons. The first-order valence-corrected chi connectivity index (χ1v) is 9.29. The van der Waals surface area contributed by atoms with E-state index < -0.39 is 5.97 Å². The third-order valence-electron chi connectivity index (χ3n) is 3.29. The maximum atomic E-state index is 13.8. The van der Waals surface area contributed by atoms with Crippen molar-refractivity contribution < 1.29 is 14.3 Å². The molecular weight excluding hydrogens is 379 g/mol. The Hall–Kier alpha value is -0.730. The van der Waals surface area contributed by atoms with Gasteiger partial charge in [0.1, 0.15) is 5.82 Å². The van der Waals surface area contributed by atoms with Crippen LogP contribution in [0.2, 0.25) is 0 Å². The van der Waals surface area contributed by atoms with E-state index in [2.05, 4.69) is 20.9 Å². The number of aromatic nitrogens is 2. The molecule has 1 aromatic heterocycles. The lowest BCUT2D eigenvalue weighted by Gasteiger charge is -2.15. The fraction of sp³-hybridized carbons (Fsp3) is 0.385. The average Bonchev–Trinajstić information content (AvgIpc) is 3.04. The first kappa shape index (κ1) is 15.2. The van der Waals surface area contributed by atoms with Crippen molar-refractivity contribution >= 4 is 56.5 Å². The van der Waals surface area contributed by atoms with E-state index in [4.69, 9.17) is 5.11 Å². The molecule has 0 bridgehead atoms. The summed E-state index contributed by atoms with van der Waals surface area (Å²) < 4.78 is 16.2. The van der Waals surface area contributed by atoms with E-state index in [1.165, 1.54) is 17.8 Å². The SMILES string of the molecule is O=C(O)CSc1nc2cc(Br)c(F)cc2n1C1CCSC1. The molecule has 1 atom stereocenters. The number of carboxylic acid groups (broad SMARTS) is 1. The van der Waals surface area contributed by atoms with Gasteiger partial charge in [-0.25, -0.2) is 9.37 Å². The Morgan fingerprint density at radius 2 is 2.43 bits per heavy atom. The number of hydrogen-bond acceptors (Lipinski definition) is 4. The van der Waals surface area contributed by atoms with Gasteiger partial charge < -0.3 is 9.67 Å². The van der Waals surface area contributed by atoms with E-state index in [-0.39, 0.29) is 17.6 Å². The molecule has 0 spiro atoms. The highest BCUT2D eigenvalue weighted by molar-refractivity contribution is 9.10. The van der Waals surface area contributed by atoms with Crippen molar-refractivity contribution in [2.75, 3.05) is 17.3 Å². The van der Waals surface area contributed by atoms with Crippen LogP contribution < -0.4 is 0 Å². The summed E-state index contributed by atoms with van der Waals surface area (Å²) >= 11 is 6.20. The molecule has 21 heavy (non-hydrogen) atoms. The molecule has 112 valence electrons. The first-order chi connectivity index (χ1) is 10.1. The Bertz CT molecular complexity index is 701. The van der Waals surface area contributed by atoms with Crippen LogP contribution in [0.15, 0.2) is 21.8 Å². The monoisotopic (exact) mass is 390 g/mol. The molecule has 1 unspecified atom stereocenters. The zero-order valence-corrected chi connectivity index (χ0v) is 14.1. The molecule has 1 aliphatic heterocycles. The maximum Gasteiger partial charge on any atom is 0.313 e. The molecule has 1 aromatic carbocycles. The number of fused-ring (bicyclic) bond motifs is 1. The van der Waals surface area contributed by atoms with Crippen molar-refractivity contribution in [2.24, 2.45) is 0 Å². The van der Waals surface area contributed by atoms with Crippen LogP contribution in [-0.4, -0.2) is 37.9 Å². The Morgan fingerprint density at radius 1 is 1.62 bits per heavy atom. The number of rotatable bonds is 4. The summed E-state index contributed by atoms with van der Waals surface area (Å²) in [6.07, 6.45) is 0.994. The largest absolute Gasteiger partial charge is 0.481 e. The van der Waals surface area contributed by atoms with E-state index in [0.29, 0.717) is 15.1 Å². The standard InChI is InChI=1S/C13H12BrFN2O2S2/c14-8-3-10-11(4-9(8)15)17(7-1-2-20-5-7)13(16-10)21-6-12(18)19/h3-4,7H,1-2,5-6H2,(H,18,19). The minimum Gasteiger partial charge on any atom is -0.481 e. The quantitative estimate of drug-likeness (QED) is 0.804. The number of thioether (sulfide) groups is 2. The van der Waals surface area contributed by atoms with Gasteiger partial charge in [-0.15, -0.1) is 0 Å². The molecule has 1 saturated heterocycles. The van der Waals surface area contributed by atoms with Gasteiger partial charge in [-0.2, -0.15) is 11.8 Å². The van der Waals surface area contributed by atoms with Crippen LogP contribution in [0.1, 0.15) is 12.5 Å². The van der Waals surface area contributed by atoms with Crippen molar-refractivity contribution in [3.8, 4) is 0 Å². The molecule has 0 aliphatic carbocycles. The second kappa shape index (κ2) is 6.18. The van der Waals surface area contributed by atoms with Gasteiger partial charge in [-0.1, -0.05) is 11.8 Å². The molecule has 3 rings (SSSR count). The van der Waals surface area contributed by atoms with Crippen LogP contribution in [0.25, 0.3) is 11.0 Å². The zero-order chi connectivity index (χ0) is 15.0. The van der Waals surface area contributed by atoms with E-state index in [9.17, 15) is 9.18 Å². The molecule has 1 fully saturated rings. The van der Waals surface area contributed by atoms with E-state index in [1.807, 2.05) is 16.3 Å². The smallest absolute Gasteiger partial charge is 0.313 e. The highest BCUT2D eigenvalue weighted by Crippen LogP contribution is 2.36. The molecular formula is C13H12BrFN2O2S2. The van der Waals surface area contributed by atoms with Gasteiger partial charge >= 0.3 is 5.97 Å². The number of imidazole rings is 1. The molecule has 2 aromatic rings. The molecule has 0 saturated carbocycles. The molecule has 8 heteroatoms. The van der Waals surface area contributed by atoms with Gasteiger partial charge in [-0.05, 0) is 34.2 Å². The molecule has 0 amide bonds. The zero-order valence-electron chi connectivity index (χ0n) is 10.9. The van der Waals surface area contributed by atoms with Gasteiger partial charge in [0.05, 0.1) is 21.3 Å². The number of halogens is 2. The van der Waals surface area contributed by atoms with Crippen molar-refractivity contribution in [2.45, 2.75) is 17.6 Å². The van der Waals surface area contributed by atoms with Gasteiger partial charge in [-0.3, -0.25) is 4.79 Å². The van der Waals surface area contributed by atoms with E-state index >= 15 is 0 Å². The van der Waals surface area contributed by atoms with Gasteiger partial charge in [0.15, 0.2) is 5.16 Å². The van der Waals surface area contributed by atoms with Crippen LogP contribution in [0.3, 0.4) is 0 Å². The topological polar surface area (TPSA) is 55.1 Å². The molecule has 2 heterocycles. The van der Waals surface area contributed by atoms with E-state index in [0.717, 1.165) is 23.4 Å².